The number of hydrogen-bond donors (Lipinski definition) is 1. The van der Waals surface area contributed by atoms with Gasteiger partial charge in [-0.1, -0.05) is 0 Å². The molecule has 0 aromatic carbocycles. The minimum atomic E-state index is -3.85. The molecule has 0 atom stereocenters. The Bertz CT molecular complexity index is 439. The van der Waals surface area contributed by atoms with Crippen LogP contribution in [0.2, 0.25) is 0 Å². The minimum Gasteiger partial charge on any atom is -0.241 e. The monoisotopic (exact) mass is 266 g/mol. The Balaban J connectivity index is 2.68. The van der Waals surface area contributed by atoms with Crippen molar-refractivity contribution in [3.63, 3.8) is 0 Å². The van der Waals surface area contributed by atoms with E-state index in [0.29, 0.717) is 18.7 Å². The maximum absolute atomic E-state index is 13.2. The summed E-state index contributed by atoms with van der Waals surface area (Å²) in [6, 6.07) is 2.39. The summed E-state index contributed by atoms with van der Waals surface area (Å²) in [5.74, 6) is -0.382. The lowest BCUT2D eigenvalue weighted by Crippen LogP contribution is -2.26. The molecule has 7 heteroatoms. The molecule has 0 saturated carbocycles. The molecule has 1 rings (SSSR count). The van der Waals surface area contributed by atoms with Crippen LogP contribution in [0, 0.1) is 5.82 Å². The van der Waals surface area contributed by atoms with Crippen LogP contribution >= 0.6 is 11.6 Å². The van der Waals surface area contributed by atoms with Gasteiger partial charge in [0.1, 0.15) is 0 Å². The Morgan fingerprint density at radius 3 is 2.81 bits per heavy atom. The third-order valence-corrected chi connectivity index (χ3v) is 3.49. The molecule has 0 bridgehead atoms. The Labute approximate surface area is 98.9 Å². The van der Waals surface area contributed by atoms with E-state index < -0.39 is 20.9 Å². The number of nitrogens with one attached hydrogen (secondary N) is 1. The van der Waals surface area contributed by atoms with E-state index in [9.17, 15) is 12.8 Å². The van der Waals surface area contributed by atoms with Gasteiger partial charge in [-0.05, 0) is 25.0 Å². The number of nitrogens with zero attached hydrogens (tertiary/aromatic N) is 1. The summed E-state index contributed by atoms with van der Waals surface area (Å²) in [4.78, 5) is 3.50. The fraction of sp³-hybridized carbons (Fsp3) is 0.444. The zero-order valence-electron chi connectivity index (χ0n) is 8.49. The maximum atomic E-state index is 13.2. The first-order chi connectivity index (χ1) is 7.58. The van der Waals surface area contributed by atoms with Crippen molar-refractivity contribution >= 4 is 21.6 Å². The number of alkyl halides is 1. The molecule has 0 radical (unpaired) electrons. The van der Waals surface area contributed by atoms with Crippen molar-refractivity contribution in [2.45, 2.75) is 17.9 Å². The largest absolute Gasteiger partial charge is 0.261 e. The van der Waals surface area contributed by atoms with Gasteiger partial charge in [-0.3, -0.25) is 0 Å². The minimum absolute atomic E-state index is 0.227. The molecule has 1 aromatic heterocycles. The first-order valence-corrected chi connectivity index (χ1v) is 6.76. The van der Waals surface area contributed by atoms with Gasteiger partial charge in [-0.2, -0.15) is 0 Å². The average molecular weight is 267 g/mol. The van der Waals surface area contributed by atoms with Crippen molar-refractivity contribution in [3.05, 3.63) is 24.1 Å². The smallest absolute Gasteiger partial charge is 0.241 e. The molecule has 0 spiro atoms. The van der Waals surface area contributed by atoms with Gasteiger partial charge >= 0.3 is 0 Å². The van der Waals surface area contributed by atoms with Crippen LogP contribution in [0.1, 0.15) is 12.8 Å². The number of unbranched alkanes of at least 4 members (excludes halogenated alkanes) is 1. The fourth-order valence-electron chi connectivity index (χ4n) is 1.06. The second-order valence-corrected chi connectivity index (χ2v) is 5.14. The van der Waals surface area contributed by atoms with Gasteiger partial charge in [0, 0.05) is 18.6 Å². The molecule has 1 aromatic rings. The van der Waals surface area contributed by atoms with Gasteiger partial charge < -0.3 is 0 Å². The van der Waals surface area contributed by atoms with E-state index in [1.807, 2.05) is 0 Å². The third-order valence-electron chi connectivity index (χ3n) is 1.83. The summed E-state index contributed by atoms with van der Waals surface area (Å²) in [7, 11) is -3.85. The van der Waals surface area contributed by atoms with Crippen LogP contribution in [0.4, 0.5) is 4.39 Å². The fourth-order valence-corrected chi connectivity index (χ4v) is 2.33. The molecule has 1 N–H and O–H groups in total. The second-order valence-electron chi connectivity index (χ2n) is 3.08. The normalized spacial score (nSPS) is 11.6. The molecule has 16 heavy (non-hydrogen) atoms. The molecule has 0 aliphatic carbocycles. The zero-order chi connectivity index (χ0) is 12.0. The lowest BCUT2D eigenvalue weighted by Gasteiger charge is -2.05. The molecule has 0 unspecified atom stereocenters. The Hall–Kier alpha value is -0.720. The molecule has 0 aliphatic heterocycles. The van der Waals surface area contributed by atoms with Crippen LogP contribution in [0.3, 0.4) is 0 Å². The summed E-state index contributed by atoms with van der Waals surface area (Å²) < 4.78 is 38.6. The molecular formula is C9H12ClFN2O2S. The van der Waals surface area contributed by atoms with E-state index in [1.165, 1.54) is 12.3 Å². The molecule has 0 saturated heterocycles. The molecule has 0 aliphatic rings. The molecule has 0 amide bonds. The maximum Gasteiger partial charge on any atom is 0.261 e. The third kappa shape index (κ3) is 3.70. The Kier molecular flexibility index (Phi) is 5.11. The lowest BCUT2D eigenvalue weighted by molar-refractivity contribution is 0.543. The summed E-state index contributed by atoms with van der Waals surface area (Å²) in [6.45, 7) is 0.227. The van der Waals surface area contributed by atoms with E-state index in [1.54, 1.807) is 0 Å². The van der Waals surface area contributed by atoms with E-state index in [4.69, 9.17) is 11.6 Å². The summed E-state index contributed by atoms with van der Waals surface area (Å²) in [5.41, 5.74) is 0. The molecule has 90 valence electrons. The van der Waals surface area contributed by atoms with Gasteiger partial charge in [0.2, 0.25) is 5.03 Å². The van der Waals surface area contributed by atoms with Gasteiger partial charge in [-0.25, -0.2) is 22.5 Å². The van der Waals surface area contributed by atoms with Gasteiger partial charge in [0.05, 0.1) is 0 Å². The Morgan fingerprint density at radius 1 is 1.44 bits per heavy atom. The molecule has 1 heterocycles. The standard InChI is InChI=1S/C9H12ClFN2O2S/c10-5-1-2-7-13-16(14,15)9-8(11)4-3-6-12-9/h3-4,6,13H,1-2,5,7H2. The van der Waals surface area contributed by atoms with E-state index >= 15 is 0 Å². The van der Waals surface area contributed by atoms with Crippen LogP contribution in [0.15, 0.2) is 23.4 Å². The number of halogens is 2. The average Bonchev–Trinajstić information content (AvgIpc) is 2.25. The highest BCUT2D eigenvalue weighted by Gasteiger charge is 2.19. The summed E-state index contributed by atoms with van der Waals surface area (Å²) >= 11 is 5.44. The second kappa shape index (κ2) is 6.12. The molecule has 4 nitrogen and oxygen atoms in total. The van der Waals surface area contributed by atoms with E-state index in [2.05, 4.69) is 9.71 Å². The number of aromatic nitrogens is 1. The molecular weight excluding hydrogens is 255 g/mol. The number of sulfonamides is 1. The van der Waals surface area contributed by atoms with E-state index in [-0.39, 0.29) is 6.54 Å². The predicted octanol–water partition coefficient (Wildman–Crippen LogP) is 1.52. The zero-order valence-corrected chi connectivity index (χ0v) is 10.1. The van der Waals surface area contributed by atoms with Gasteiger partial charge in [0.25, 0.3) is 10.0 Å². The summed E-state index contributed by atoms with van der Waals surface area (Å²) in [6.07, 6.45) is 2.54. The number of rotatable bonds is 6. The van der Waals surface area contributed by atoms with Crippen molar-refractivity contribution < 1.29 is 12.8 Å². The van der Waals surface area contributed by atoms with Crippen molar-refractivity contribution in [2.24, 2.45) is 0 Å². The van der Waals surface area contributed by atoms with Gasteiger partial charge in [-0.15, -0.1) is 11.6 Å². The quantitative estimate of drug-likeness (QED) is 0.627. The topological polar surface area (TPSA) is 59.1 Å². The van der Waals surface area contributed by atoms with E-state index in [0.717, 1.165) is 6.07 Å². The highest BCUT2D eigenvalue weighted by molar-refractivity contribution is 7.89. The van der Waals surface area contributed by atoms with Crippen molar-refractivity contribution in [3.8, 4) is 0 Å². The Morgan fingerprint density at radius 2 is 2.19 bits per heavy atom. The van der Waals surface area contributed by atoms with Crippen LogP contribution in [0.5, 0.6) is 0 Å². The number of hydrogen-bond acceptors (Lipinski definition) is 3. The molecule has 0 fully saturated rings. The first kappa shape index (κ1) is 13.3. The first-order valence-electron chi connectivity index (χ1n) is 4.74. The van der Waals surface area contributed by atoms with Crippen molar-refractivity contribution in [2.75, 3.05) is 12.4 Å². The highest BCUT2D eigenvalue weighted by atomic mass is 35.5. The van der Waals surface area contributed by atoms with Crippen LogP contribution in [-0.2, 0) is 10.0 Å². The van der Waals surface area contributed by atoms with Crippen molar-refractivity contribution in [1.29, 1.82) is 0 Å². The predicted molar refractivity (Wildman–Crippen MR) is 59.3 cm³/mol. The van der Waals surface area contributed by atoms with Crippen molar-refractivity contribution in [1.82, 2.24) is 9.71 Å². The summed E-state index contributed by atoms with van der Waals surface area (Å²) in [5, 5.41) is -0.569. The van der Waals surface area contributed by atoms with Crippen LogP contribution in [0.25, 0.3) is 0 Å². The lowest BCUT2D eigenvalue weighted by atomic mass is 10.3. The number of pyridine rings is 1. The van der Waals surface area contributed by atoms with Gasteiger partial charge in [0.15, 0.2) is 5.82 Å². The van der Waals surface area contributed by atoms with Crippen LogP contribution < -0.4 is 4.72 Å². The van der Waals surface area contributed by atoms with Crippen LogP contribution in [-0.4, -0.2) is 25.8 Å². The SMILES string of the molecule is O=S(=O)(NCCCCCl)c1ncccc1F. The highest BCUT2D eigenvalue weighted by Crippen LogP contribution is 2.09.